The van der Waals surface area contributed by atoms with Gasteiger partial charge < -0.3 is 15.1 Å². The van der Waals surface area contributed by atoms with E-state index in [4.69, 9.17) is 23.2 Å². The number of piperidine rings is 1. The number of rotatable bonds is 6. The van der Waals surface area contributed by atoms with Crippen molar-refractivity contribution in [3.63, 3.8) is 0 Å². The number of hydrogen-bond donors (Lipinski definition) is 1. The van der Waals surface area contributed by atoms with Crippen molar-refractivity contribution >= 4 is 47.9 Å². The summed E-state index contributed by atoms with van der Waals surface area (Å²) in [4.78, 5) is 24.8. The zero-order valence-corrected chi connectivity index (χ0v) is 19.0. The zero-order chi connectivity index (χ0) is 21.6. The third-order valence-corrected chi connectivity index (χ3v) is 6.16. The van der Waals surface area contributed by atoms with Gasteiger partial charge in [0.15, 0.2) is 0 Å². The molecule has 29 heavy (non-hydrogen) atoms. The Morgan fingerprint density at radius 3 is 2.59 bits per heavy atom. The Morgan fingerprint density at radius 2 is 2.00 bits per heavy atom. The molecule has 0 spiro atoms. The van der Waals surface area contributed by atoms with Crippen molar-refractivity contribution in [1.29, 1.82) is 0 Å². The van der Waals surface area contributed by atoms with E-state index in [1.807, 2.05) is 33.0 Å². The molecule has 2 rings (SSSR count). The molecule has 158 valence electrons. The lowest BCUT2D eigenvalue weighted by molar-refractivity contribution is 0.146. The van der Waals surface area contributed by atoms with Crippen LogP contribution in [0.4, 0.5) is 4.79 Å². The first kappa shape index (κ1) is 23.4. The van der Waals surface area contributed by atoms with Crippen LogP contribution in [0.25, 0.3) is 5.70 Å². The monoisotopic (exact) mass is 437 g/mol. The molecule has 1 aromatic rings. The van der Waals surface area contributed by atoms with E-state index in [1.165, 1.54) is 0 Å². The third kappa shape index (κ3) is 5.81. The summed E-state index contributed by atoms with van der Waals surface area (Å²) in [5.74, 6) is 0. The van der Waals surface area contributed by atoms with Crippen molar-refractivity contribution in [3.8, 4) is 0 Å². The van der Waals surface area contributed by atoms with Crippen LogP contribution in [0.1, 0.15) is 43.9 Å². The summed E-state index contributed by atoms with van der Waals surface area (Å²) in [5, 5.41) is 3.77. The van der Waals surface area contributed by atoms with Crippen molar-refractivity contribution in [2.45, 2.75) is 38.8 Å². The van der Waals surface area contributed by atoms with E-state index in [0.717, 1.165) is 31.5 Å². The molecule has 0 aromatic heterocycles. The second-order valence-corrected chi connectivity index (χ2v) is 7.98. The van der Waals surface area contributed by atoms with Crippen LogP contribution in [0, 0.1) is 0 Å². The van der Waals surface area contributed by atoms with Gasteiger partial charge in [0.1, 0.15) is 0 Å². The molecule has 6 nitrogen and oxygen atoms in total. The van der Waals surface area contributed by atoms with Crippen LogP contribution >= 0.6 is 23.2 Å². The van der Waals surface area contributed by atoms with Crippen molar-refractivity contribution in [1.82, 2.24) is 15.1 Å². The number of aliphatic imine (C=N–C) groups is 2. The highest BCUT2D eigenvalue weighted by atomic mass is 35.5. The molecule has 1 aliphatic heterocycles. The van der Waals surface area contributed by atoms with Gasteiger partial charge in [-0.2, -0.15) is 0 Å². The Labute approximate surface area is 183 Å². The van der Waals surface area contributed by atoms with Crippen LogP contribution < -0.4 is 5.32 Å². The van der Waals surface area contributed by atoms with Gasteiger partial charge >= 0.3 is 6.03 Å². The maximum absolute atomic E-state index is 12.7. The molecule has 0 bridgehead atoms. The second-order valence-electron chi connectivity index (χ2n) is 7.23. The highest BCUT2D eigenvalue weighted by Crippen LogP contribution is 2.36. The number of carbonyl (C=O) groups is 1. The predicted molar refractivity (Wildman–Crippen MR) is 123 cm³/mol. The van der Waals surface area contributed by atoms with Crippen molar-refractivity contribution in [2.24, 2.45) is 9.98 Å². The van der Waals surface area contributed by atoms with Gasteiger partial charge in [0.05, 0.1) is 28.0 Å². The summed E-state index contributed by atoms with van der Waals surface area (Å²) in [6.07, 6.45) is 5.17. The summed E-state index contributed by atoms with van der Waals surface area (Å²) >= 11 is 13.0. The molecule has 8 heteroatoms. The second kappa shape index (κ2) is 10.8. The molecule has 0 aliphatic carbocycles. The Morgan fingerprint density at radius 1 is 1.34 bits per heavy atom. The molecule has 2 amide bonds. The average molecular weight is 438 g/mol. The smallest absolute Gasteiger partial charge is 0.317 e. The van der Waals surface area contributed by atoms with E-state index in [-0.39, 0.29) is 18.1 Å². The maximum Gasteiger partial charge on any atom is 0.317 e. The molecule has 1 aromatic carbocycles. The summed E-state index contributed by atoms with van der Waals surface area (Å²) in [7, 11) is 3.95. The molecule has 0 saturated carbocycles. The number of amides is 2. The number of nitrogens with one attached hydrogen (secondary N) is 1. The lowest BCUT2D eigenvalue weighted by atomic mass is 10.0. The number of urea groups is 1. The van der Waals surface area contributed by atoms with E-state index in [2.05, 4.69) is 34.0 Å². The van der Waals surface area contributed by atoms with Crippen LogP contribution in [-0.2, 0) is 0 Å². The van der Waals surface area contributed by atoms with Crippen molar-refractivity contribution in [3.05, 3.63) is 39.5 Å². The highest BCUT2D eigenvalue weighted by Gasteiger charge is 2.25. The molecule has 1 aliphatic rings. The van der Waals surface area contributed by atoms with Crippen LogP contribution in [-0.4, -0.2) is 62.0 Å². The van der Waals surface area contributed by atoms with E-state index < -0.39 is 0 Å². The quantitative estimate of drug-likeness (QED) is 0.644. The molecule has 1 saturated heterocycles. The van der Waals surface area contributed by atoms with Gasteiger partial charge in [-0.15, -0.1) is 0 Å². The SMILES string of the molecule is C=N/C(=C\N=CC)c1ccc([C@@H](C)NC(=O)N(C)C2CCN(C)CC2)c(Cl)c1Cl. The third-order valence-electron chi connectivity index (χ3n) is 5.27. The van der Waals surface area contributed by atoms with Gasteiger partial charge in [0.2, 0.25) is 0 Å². The molecule has 1 atom stereocenters. The Kier molecular flexibility index (Phi) is 8.68. The molecule has 1 N–H and O–H groups in total. The molecule has 0 unspecified atom stereocenters. The van der Waals surface area contributed by atoms with Gasteiger partial charge in [-0.3, -0.25) is 9.98 Å². The Bertz CT molecular complexity index is 801. The molecular weight excluding hydrogens is 409 g/mol. The van der Waals surface area contributed by atoms with E-state index in [0.29, 0.717) is 21.3 Å². The largest absolute Gasteiger partial charge is 0.331 e. The fraction of sp³-hybridized carbons (Fsp3) is 0.476. The van der Waals surface area contributed by atoms with Crippen LogP contribution in [0.3, 0.4) is 0 Å². The van der Waals surface area contributed by atoms with Crippen molar-refractivity contribution < 1.29 is 4.79 Å². The minimum absolute atomic E-state index is 0.117. The lowest BCUT2D eigenvalue weighted by Crippen LogP contribution is -2.48. The van der Waals surface area contributed by atoms with E-state index in [9.17, 15) is 4.79 Å². The summed E-state index contributed by atoms with van der Waals surface area (Å²) < 4.78 is 0. The first-order valence-electron chi connectivity index (χ1n) is 9.64. The first-order chi connectivity index (χ1) is 13.8. The molecule has 1 fully saturated rings. The average Bonchev–Trinajstić information content (AvgIpc) is 2.71. The van der Waals surface area contributed by atoms with E-state index >= 15 is 0 Å². The van der Waals surface area contributed by atoms with Gasteiger partial charge in [-0.1, -0.05) is 35.3 Å². The minimum Gasteiger partial charge on any atom is -0.331 e. The van der Waals surface area contributed by atoms with Gasteiger partial charge in [-0.05, 0) is 59.1 Å². The Balaban J connectivity index is 2.14. The normalized spacial score (nSPS) is 17.4. The minimum atomic E-state index is -0.298. The molecule has 1 heterocycles. The summed E-state index contributed by atoms with van der Waals surface area (Å²) in [5.41, 5.74) is 1.91. The number of halogens is 2. The molecule has 0 radical (unpaired) electrons. The van der Waals surface area contributed by atoms with Crippen LogP contribution in [0.15, 0.2) is 28.3 Å². The van der Waals surface area contributed by atoms with Crippen LogP contribution in [0.5, 0.6) is 0 Å². The number of carbonyl (C=O) groups excluding carboxylic acids is 1. The zero-order valence-electron chi connectivity index (χ0n) is 17.5. The maximum atomic E-state index is 12.7. The van der Waals surface area contributed by atoms with Crippen molar-refractivity contribution in [2.75, 3.05) is 27.2 Å². The summed E-state index contributed by atoms with van der Waals surface area (Å²) in [6.45, 7) is 9.26. The fourth-order valence-electron chi connectivity index (χ4n) is 3.35. The van der Waals surface area contributed by atoms with Gasteiger partial charge in [-0.25, -0.2) is 4.79 Å². The standard InChI is InChI=1S/C21H29Cl2N5O/c1-6-25-13-18(24-3)17-8-7-16(19(22)20(17)23)14(2)26-21(29)28(5)15-9-11-27(4)12-10-15/h6-8,13-15H,3,9-12H2,1-2,4-5H3,(H,26,29)/b18-13-,25-6?/t14-/m1/s1. The van der Waals surface area contributed by atoms with Gasteiger partial charge in [0, 0.05) is 24.9 Å². The van der Waals surface area contributed by atoms with E-state index in [1.54, 1.807) is 17.3 Å². The predicted octanol–water partition coefficient (Wildman–Crippen LogP) is 4.88. The molecular formula is C21H29Cl2N5O. The number of nitrogens with zero attached hydrogens (tertiary/aromatic N) is 4. The first-order valence-corrected chi connectivity index (χ1v) is 10.4. The van der Waals surface area contributed by atoms with Crippen LogP contribution in [0.2, 0.25) is 10.0 Å². The van der Waals surface area contributed by atoms with Gasteiger partial charge in [0.25, 0.3) is 0 Å². The topological polar surface area (TPSA) is 60.3 Å². The highest BCUT2D eigenvalue weighted by molar-refractivity contribution is 6.43. The number of hydrogen-bond acceptors (Lipinski definition) is 4. The summed E-state index contributed by atoms with van der Waals surface area (Å²) in [6, 6.07) is 3.49. The Hall–Kier alpha value is -1.89. The number of likely N-dealkylation sites (tertiary alicyclic amines) is 1. The fourth-order valence-corrected chi connectivity index (χ4v) is 3.95. The lowest BCUT2D eigenvalue weighted by Gasteiger charge is -2.35. The number of benzene rings is 1.